The highest BCUT2D eigenvalue weighted by atomic mass is 32.2. The number of thioether (sulfide) groups is 1. The van der Waals surface area contributed by atoms with Crippen LogP contribution in [0.15, 0.2) is 0 Å². The van der Waals surface area contributed by atoms with E-state index in [1.807, 2.05) is 0 Å². The molecule has 0 aromatic heterocycles. The van der Waals surface area contributed by atoms with Crippen LogP contribution in [0.3, 0.4) is 0 Å². The minimum Gasteiger partial charge on any atom is -0.303 e. The molecule has 1 atom stereocenters. The zero-order chi connectivity index (χ0) is 5.40. The lowest BCUT2D eigenvalue weighted by Gasteiger charge is -2.08. The highest BCUT2D eigenvalue weighted by Crippen LogP contribution is 2.21. The Morgan fingerprint density at radius 1 is 1.62 bits per heavy atom. The third kappa shape index (κ3) is 0.658. The van der Waals surface area contributed by atoms with Gasteiger partial charge in [-0.3, -0.25) is 4.90 Å². The Kier molecular flexibility index (Phi) is 1.21. The summed E-state index contributed by atoms with van der Waals surface area (Å²) in [6.07, 6.45) is 0. The van der Waals surface area contributed by atoms with Crippen LogP contribution >= 0.6 is 11.8 Å². The quantitative estimate of drug-likeness (QED) is 0.494. The molecule has 46 valence electrons. The van der Waals surface area contributed by atoms with Gasteiger partial charge < -0.3 is 5.32 Å². The molecule has 2 rings (SSSR count). The topological polar surface area (TPSA) is 15.3 Å². The first-order chi connectivity index (χ1) is 3.97. The first kappa shape index (κ1) is 5.09. The molecule has 2 nitrogen and oxygen atoms in total. The second-order valence-electron chi connectivity index (χ2n) is 2.35. The predicted molar refractivity (Wildman–Crippen MR) is 35.8 cm³/mol. The van der Waals surface area contributed by atoms with Gasteiger partial charge in [0.2, 0.25) is 0 Å². The summed E-state index contributed by atoms with van der Waals surface area (Å²) in [5.74, 6) is 2.59. The fraction of sp³-hybridized carbons (Fsp3) is 1.00. The second-order valence-corrected chi connectivity index (χ2v) is 3.35. The molecular weight excluding hydrogens is 120 g/mol. The summed E-state index contributed by atoms with van der Waals surface area (Å²) >= 11 is 2.05. The Labute approximate surface area is 53.6 Å². The van der Waals surface area contributed by atoms with E-state index in [-0.39, 0.29) is 0 Å². The van der Waals surface area contributed by atoms with Crippen LogP contribution in [-0.4, -0.2) is 35.8 Å². The molecule has 2 aliphatic rings. The van der Waals surface area contributed by atoms with Gasteiger partial charge in [0.25, 0.3) is 0 Å². The van der Waals surface area contributed by atoms with Gasteiger partial charge in [-0.25, -0.2) is 0 Å². The standard InChI is InChI=1S/C5H10N2S/c1-5-2-8-4-7(5)3-6-1/h5-6H,1-4H2. The zero-order valence-electron chi connectivity index (χ0n) is 4.76. The van der Waals surface area contributed by atoms with Gasteiger partial charge in [0.1, 0.15) is 0 Å². The van der Waals surface area contributed by atoms with E-state index < -0.39 is 0 Å². The maximum atomic E-state index is 3.34. The Morgan fingerprint density at radius 3 is 3.50 bits per heavy atom. The molecule has 1 unspecified atom stereocenters. The summed E-state index contributed by atoms with van der Waals surface area (Å²) in [5.41, 5.74) is 0. The van der Waals surface area contributed by atoms with E-state index in [1.165, 1.54) is 18.2 Å². The third-order valence-corrected chi connectivity index (χ3v) is 2.91. The van der Waals surface area contributed by atoms with Crippen molar-refractivity contribution in [1.29, 1.82) is 0 Å². The van der Waals surface area contributed by atoms with Crippen molar-refractivity contribution in [3.05, 3.63) is 0 Å². The first-order valence-electron chi connectivity index (χ1n) is 2.99. The second kappa shape index (κ2) is 1.90. The monoisotopic (exact) mass is 130 g/mol. The molecule has 0 amide bonds. The summed E-state index contributed by atoms with van der Waals surface area (Å²) in [7, 11) is 0. The number of nitrogens with one attached hydrogen (secondary N) is 1. The van der Waals surface area contributed by atoms with Crippen molar-refractivity contribution in [2.45, 2.75) is 6.04 Å². The van der Waals surface area contributed by atoms with Gasteiger partial charge in [-0.15, -0.1) is 11.8 Å². The lowest BCUT2D eigenvalue weighted by Crippen LogP contribution is -2.24. The van der Waals surface area contributed by atoms with Crippen molar-refractivity contribution in [1.82, 2.24) is 10.2 Å². The van der Waals surface area contributed by atoms with Crippen molar-refractivity contribution < 1.29 is 0 Å². The van der Waals surface area contributed by atoms with Gasteiger partial charge in [0.15, 0.2) is 0 Å². The van der Waals surface area contributed by atoms with E-state index in [2.05, 4.69) is 22.0 Å². The van der Waals surface area contributed by atoms with Crippen molar-refractivity contribution >= 4 is 11.8 Å². The summed E-state index contributed by atoms with van der Waals surface area (Å²) in [4.78, 5) is 2.49. The van der Waals surface area contributed by atoms with Gasteiger partial charge in [-0.05, 0) is 0 Å². The molecule has 0 aromatic carbocycles. The van der Waals surface area contributed by atoms with E-state index in [1.54, 1.807) is 0 Å². The smallest absolute Gasteiger partial charge is 0.0492 e. The van der Waals surface area contributed by atoms with Crippen LogP contribution in [0.4, 0.5) is 0 Å². The number of nitrogens with zero attached hydrogens (tertiary/aromatic N) is 1. The molecule has 0 bridgehead atoms. The van der Waals surface area contributed by atoms with Crippen molar-refractivity contribution in [3.8, 4) is 0 Å². The normalized spacial score (nSPS) is 38.2. The summed E-state index contributed by atoms with van der Waals surface area (Å²) < 4.78 is 0. The van der Waals surface area contributed by atoms with E-state index in [9.17, 15) is 0 Å². The fourth-order valence-corrected chi connectivity index (χ4v) is 2.50. The average molecular weight is 130 g/mol. The minimum absolute atomic E-state index is 0.861. The molecule has 2 heterocycles. The molecule has 2 fully saturated rings. The molecule has 0 saturated carbocycles. The Balaban J connectivity index is 2.04. The lowest BCUT2D eigenvalue weighted by atomic mass is 10.3. The molecule has 0 aliphatic carbocycles. The fourth-order valence-electron chi connectivity index (χ4n) is 1.25. The van der Waals surface area contributed by atoms with Crippen molar-refractivity contribution in [2.75, 3.05) is 24.8 Å². The Hall–Kier alpha value is 0.270. The van der Waals surface area contributed by atoms with Gasteiger partial charge in [-0.2, -0.15) is 0 Å². The minimum atomic E-state index is 0.861. The molecule has 3 heteroatoms. The van der Waals surface area contributed by atoms with Gasteiger partial charge >= 0.3 is 0 Å². The van der Waals surface area contributed by atoms with E-state index in [4.69, 9.17) is 0 Å². The van der Waals surface area contributed by atoms with Gasteiger partial charge in [0, 0.05) is 30.9 Å². The van der Waals surface area contributed by atoms with Gasteiger partial charge in [0.05, 0.1) is 0 Å². The number of hydrogen-bond donors (Lipinski definition) is 1. The van der Waals surface area contributed by atoms with Crippen LogP contribution < -0.4 is 5.32 Å². The van der Waals surface area contributed by atoms with E-state index in [0.717, 1.165) is 12.7 Å². The number of fused-ring (bicyclic) bond motifs is 1. The largest absolute Gasteiger partial charge is 0.303 e. The zero-order valence-corrected chi connectivity index (χ0v) is 5.58. The summed E-state index contributed by atoms with van der Waals surface area (Å²) in [5, 5.41) is 3.34. The highest BCUT2D eigenvalue weighted by molar-refractivity contribution is 7.99. The maximum absolute atomic E-state index is 3.34. The van der Waals surface area contributed by atoms with Crippen molar-refractivity contribution in [3.63, 3.8) is 0 Å². The maximum Gasteiger partial charge on any atom is 0.0492 e. The molecule has 1 N–H and O–H groups in total. The molecule has 0 radical (unpaired) electrons. The highest BCUT2D eigenvalue weighted by Gasteiger charge is 2.28. The van der Waals surface area contributed by atoms with Crippen LogP contribution in [0, 0.1) is 0 Å². The molecule has 2 aliphatic heterocycles. The first-order valence-corrected chi connectivity index (χ1v) is 4.15. The summed E-state index contributed by atoms with van der Waals surface area (Å²) in [6.45, 7) is 2.34. The molecule has 2 saturated heterocycles. The van der Waals surface area contributed by atoms with Crippen LogP contribution in [0.25, 0.3) is 0 Å². The molecule has 8 heavy (non-hydrogen) atoms. The van der Waals surface area contributed by atoms with E-state index >= 15 is 0 Å². The number of rotatable bonds is 0. The molecule has 0 spiro atoms. The van der Waals surface area contributed by atoms with Crippen molar-refractivity contribution in [2.24, 2.45) is 0 Å². The van der Waals surface area contributed by atoms with Crippen LogP contribution in [-0.2, 0) is 0 Å². The molecule has 0 aromatic rings. The third-order valence-electron chi connectivity index (χ3n) is 1.78. The van der Waals surface area contributed by atoms with Gasteiger partial charge in [-0.1, -0.05) is 0 Å². The molecular formula is C5H10N2S. The SMILES string of the molecule is C1NCN2CSCC12. The predicted octanol–water partition coefficient (Wildman–Crippen LogP) is -0.0780. The Morgan fingerprint density at radius 2 is 2.62 bits per heavy atom. The lowest BCUT2D eigenvalue weighted by molar-refractivity contribution is 0.341. The number of hydrogen-bond acceptors (Lipinski definition) is 3. The average Bonchev–Trinajstić information content (AvgIpc) is 2.15. The van der Waals surface area contributed by atoms with E-state index in [0.29, 0.717) is 0 Å². The summed E-state index contributed by atoms with van der Waals surface area (Å²) in [6, 6.07) is 0.861. The van der Waals surface area contributed by atoms with Crippen LogP contribution in [0.2, 0.25) is 0 Å². The van der Waals surface area contributed by atoms with Crippen LogP contribution in [0.5, 0.6) is 0 Å². The van der Waals surface area contributed by atoms with Crippen LogP contribution in [0.1, 0.15) is 0 Å². The Bertz CT molecular complexity index is 76.4.